The Balaban J connectivity index is 2.31. The van der Waals surface area contributed by atoms with Crippen LogP contribution >= 0.6 is 11.6 Å². The molecule has 1 atom stereocenters. The van der Waals surface area contributed by atoms with Gasteiger partial charge in [-0.2, -0.15) is 0 Å². The summed E-state index contributed by atoms with van der Waals surface area (Å²) in [7, 11) is 0. The van der Waals surface area contributed by atoms with Crippen LogP contribution in [-0.4, -0.2) is 11.2 Å². The number of aliphatic hydroxyl groups is 1. The Labute approximate surface area is 114 Å². The summed E-state index contributed by atoms with van der Waals surface area (Å²) in [6, 6.07) is 4.92. The van der Waals surface area contributed by atoms with Crippen LogP contribution < -0.4 is 0 Å². The van der Waals surface area contributed by atoms with Crippen LogP contribution in [0.4, 0.5) is 4.39 Å². The SMILES string of the molecule is CCCCCCCC(O)Cc1cccc(Cl)c1F. The number of hydrogen-bond acceptors (Lipinski definition) is 1. The fraction of sp³-hybridized carbons (Fsp3) is 0.600. The van der Waals surface area contributed by atoms with Gasteiger partial charge >= 0.3 is 0 Å². The van der Waals surface area contributed by atoms with Crippen molar-refractivity contribution < 1.29 is 9.50 Å². The van der Waals surface area contributed by atoms with Crippen molar-refractivity contribution >= 4 is 11.6 Å². The van der Waals surface area contributed by atoms with Gasteiger partial charge in [-0.3, -0.25) is 0 Å². The predicted octanol–water partition coefficient (Wildman–Crippen LogP) is 4.74. The van der Waals surface area contributed by atoms with Gasteiger partial charge in [0.2, 0.25) is 0 Å². The third kappa shape index (κ3) is 5.36. The van der Waals surface area contributed by atoms with E-state index >= 15 is 0 Å². The van der Waals surface area contributed by atoms with Crippen LogP contribution in [0.1, 0.15) is 51.0 Å². The second-order valence-electron chi connectivity index (χ2n) is 4.77. The van der Waals surface area contributed by atoms with Gasteiger partial charge in [-0.25, -0.2) is 4.39 Å². The van der Waals surface area contributed by atoms with Crippen molar-refractivity contribution in [2.24, 2.45) is 0 Å². The maximum atomic E-state index is 13.6. The molecular formula is C15H22ClFO. The zero-order valence-corrected chi connectivity index (χ0v) is 11.7. The van der Waals surface area contributed by atoms with E-state index in [1.54, 1.807) is 12.1 Å². The van der Waals surface area contributed by atoms with E-state index in [4.69, 9.17) is 11.6 Å². The quantitative estimate of drug-likeness (QED) is 0.678. The van der Waals surface area contributed by atoms with Gasteiger partial charge in [0.1, 0.15) is 5.82 Å². The summed E-state index contributed by atoms with van der Waals surface area (Å²) in [6.07, 6.45) is 6.44. The topological polar surface area (TPSA) is 20.2 Å². The van der Waals surface area contributed by atoms with E-state index in [-0.39, 0.29) is 5.02 Å². The molecule has 1 unspecified atom stereocenters. The van der Waals surface area contributed by atoms with Crippen molar-refractivity contribution in [1.29, 1.82) is 0 Å². The van der Waals surface area contributed by atoms with Gasteiger partial charge in [0.05, 0.1) is 11.1 Å². The maximum absolute atomic E-state index is 13.6. The molecule has 0 aromatic heterocycles. The van der Waals surface area contributed by atoms with Crippen LogP contribution in [-0.2, 0) is 6.42 Å². The molecule has 102 valence electrons. The van der Waals surface area contributed by atoms with Gasteiger partial charge in [-0.1, -0.05) is 62.8 Å². The number of halogens is 2. The smallest absolute Gasteiger partial charge is 0.145 e. The molecule has 1 aromatic carbocycles. The first-order valence-corrected chi connectivity index (χ1v) is 7.14. The standard InChI is InChI=1S/C15H22ClFO/c1-2-3-4-5-6-9-13(18)11-12-8-7-10-14(16)15(12)17/h7-8,10,13,18H,2-6,9,11H2,1H3. The van der Waals surface area contributed by atoms with E-state index in [0.717, 1.165) is 19.3 Å². The zero-order valence-electron chi connectivity index (χ0n) is 11.0. The van der Waals surface area contributed by atoms with Crippen molar-refractivity contribution in [3.05, 3.63) is 34.6 Å². The normalized spacial score (nSPS) is 12.7. The summed E-state index contributed by atoms with van der Waals surface area (Å²) in [5.41, 5.74) is 0.503. The van der Waals surface area contributed by atoms with E-state index in [1.165, 1.54) is 25.3 Å². The Morgan fingerprint density at radius 3 is 2.67 bits per heavy atom. The van der Waals surface area contributed by atoms with Gasteiger partial charge in [0, 0.05) is 6.42 Å². The van der Waals surface area contributed by atoms with E-state index in [9.17, 15) is 9.50 Å². The molecule has 0 saturated carbocycles. The molecule has 0 amide bonds. The second-order valence-corrected chi connectivity index (χ2v) is 5.18. The highest BCUT2D eigenvalue weighted by molar-refractivity contribution is 6.30. The molecule has 18 heavy (non-hydrogen) atoms. The third-order valence-electron chi connectivity index (χ3n) is 3.13. The van der Waals surface area contributed by atoms with Gasteiger partial charge in [-0.15, -0.1) is 0 Å². The highest BCUT2D eigenvalue weighted by Crippen LogP contribution is 2.20. The Bertz CT molecular complexity index is 354. The molecule has 0 heterocycles. The highest BCUT2D eigenvalue weighted by Gasteiger charge is 2.11. The lowest BCUT2D eigenvalue weighted by atomic mass is 10.0. The summed E-state index contributed by atoms with van der Waals surface area (Å²) < 4.78 is 13.6. The summed E-state index contributed by atoms with van der Waals surface area (Å²) in [5.74, 6) is -0.399. The number of aliphatic hydroxyl groups excluding tert-OH is 1. The van der Waals surface area contributed by atoms with E-state index in [2.05, 4.69) is 6.92 Å². The first-order valence-electron chi connectivity index (χ1n) is 6.76. The number of unbranched alkanes of at least 4 members (excludes halogenated alkanes) is 4. The molecule has 0 saturated heterocycles. The lowest BCUT2D eigenvalue weighted by Gasteiger charge is -2.11. The molecule has 3 heteroatoms. The molecule has 0 spiro atoms. The van der Waals surface area contributed by atoms with Gasteiger partial charge in [0.15, 0.2) is 0 Å². The molecule has 0 fully saturated rings. The predicted molar refractivity (Wildman–Crippen MR) is 74.5 cm³/mol. The third-order valence-corrected chi connectivity index (χ3v) is 3.42. The van der Waals surface area contributed by atoms with E-state index in [1.807, 2.05) is 0 Å². The first kappa shape index (κ1) is 15.5. The zero-order chi connectivity index (χ0) is 13.4. The van der Waals surface area contributed by atoms with E-state index < -0.39 is 11.9 Å². The maximum Gasteiger partial charge on any atom is 0.145 e. The van der Waals surface area contributed by atoms with Gasteiger partial charge in [0.25, 0.3) is 0 Å². The minimum absolute atomic E-state index is 0.127. The Kier molecular flexibility index (Phi) is 7.29. The highest BCUT2D eigenvalue weighted by atomic mass is 35.5. The first-order chi connectivity index (χ1) is 8.65. The number of rotatable bonds is 8. The fourth-order valence-electron chi connectivity index (χ4n) is 2.05. The van der Waals surface area contributed by atoms with Crippen LogP contribution in [0, 0.1) is 5.82 Å². The van der Waals surface area contributed by atoms with Crippen molar-refractivity contribution in [2.75, 3.05) is 0 Å². The lowest BCUT2D eigenvalue weighted by molar-refractivity contribution is 0.159. The molecular weight excluding hydrogens is 251 g/mol. The van der Waals surface area contributed by atoms with Crippen LogP contribution in [0.25, 0.3) is 0 Å². The monoisotopic (exact) mass is 272 g/mol. The molecule has 1 rings (SSSR count). The summed E-state index contributed by atoms with van der Waals surface area (Å²) in [6.45, 7) is 2.18. The van der Waals surface area contributed by atoms with Gasteiger partial charge in [-0.05, 0) is 18.1 Å². The molecule has 0 radical (unpaired) electrons. The van der Waals surface area contributed by atoms with Crippen LogP contribution in [0.15, 0.2) is 18.2 Å². The second kappa shape index (κ2) is 8.49. The Morgan fingerprint density at radius 1 is 1.22 bits per heavy atom. The number of benzene rings is 1. The van der Waals surface area contributed by atoms with Crippen LogP contribution in [0.5, 0.6) is 0 Å². The summed E-state index contributed by atoms with van der Waals surface area (Å²) >= 11 is 5.70. The summed E-state index contributed by atoms with van der Waals surface area (Å²) in [4.78, 5) is 0. The molecule has 0 aliphatic rings. The van der Waals surface area contributed by atoms with Crippen molar-refractivity contribution in [3.8, 4) is 0 Å². The Hall–Kier alpha value is -0.600. The van der Waals surface area contributed by atoms with Gasteiger partial charge < -0.3 is 5.11 Å². The average molecular weight is 273 g/mol. The van der Waals surface area contributed by atoms with Crippen molar-refractivity contribution in [1.82, 2.24) is 0 Å². The molecule has 1 aromatic rings. The molecule has 0 aliphatic carbocycles. The summed E-state index contributed by atoms with van der Waals surface area (Å²) in [5, 5.41) is 9.99. The van der Waals surface area contributed by atoms with Crippen molar-refractivity contribution in [2.45, 2.75) is 58.0 Å². The largest absolute Gasteiger partial charge is 0.393 e. The molecule has 1 nitrogen and oxygen atoms in total. The molecule has 0 aliphatic heterocycles. The number of hydrogen-bond donors (Lipinski definition) is 1. The van der Waals surface area contributed by atoms with Crippen LogP contribution in [0.2, 0.25) is 5.02 Å². The minimum atomic E-state index is -0.473. The average Bonchev–Trinajstić information content (AvgIpc) is 2.35. The fourth-order valence-corrected chi connectivity index (χ4v) is 2.24. The molecule has 1 N–H and O–H groups in total. The molecule has 0 bridgehead atoms. The van der Waals surface area contributed by atoms with Crippen LogP contribution in [0.3, 0.4) is 0 Å². The Morgan fingerprint density at radius 2 is 1.94 bits per heavy atom. The lowest BCUT2D eigenvalue weighted by Crippen LogP contribution is -2.11. The minimum Gasteiger partial charge on any atom is -0.393 e. The van der Waals surface area contributed by atoms with Crippen molar-refractivity contribution in [3.63, 3.8) is 0 Å². The van der Waals surface area contributed by atoms with E-state index in [0.29, 0.717) is 12.0 Å².